The topological polar surface area (TPSA) is 75.7 Å². The summed E-state index contributed by atoms with van der Waals surface area (Å²) in [6, 6.07) is 9.37. The third-order valence-electron chi connectivity index (χ3n) is 4.21. The number of hydrogen-bond donors (Lipinski definition) is 1. The van der Waals surface area contributed by atoms with Crippen molar-refractivity contribution in [1.82, 2.24) is 0 Å². The van der Waals surface area contributed by atoms with E-state index in [1.54, 1.807) is 19.1 Å². The lowest BCUT2D eigenvalue weighted by Gasteiger charge is -2.30. The first-order chi connectivity index (χ1) is 13.1. The van der Waals surface area contributed by atoms with Crippen LogP contribution in [0.3, 0.4) is 0 Å². The maximum Gasteiger partial charge on any atom is 0.248 e. The molecule has 0 bridgehead atoms. The van der Waals surface area contributed by atoms with Gasteiger partial charge in [0.1, 0.15) is 11.8 Å². The van der Waals surface area contributed by atoms with Crippen molar-refractivity contribution in [2.45, 2.75) is 33.2 Å². The number of sulfonamides is 1. The van der Waals surface area contributed by atoms with Crippen LogP contribution in [0.5, 0.6) is 5.75 Å². The Morgan fingerprint density at radius 2 is 1.79 bits per heavy atom. The van der Waals surface area contributed by atoms with Crippen LogP contribution < -0.4 is 14.4 Å². The van der Waals surface area contributed by atoms with Crippen LogP contribution in [0.1, 0.15) is 24.5 Å². The van der Waals surface area contributed by atoms with E-state index in [9.17, 15) is 13.2 Å². The minimum Gasteiger partial charge on any atom is -0.495 e. The van der Waals surface area contributed by atoms with Crippen LogP contribution in [0.25, 0.3) is 0 Å². The Kier molecular flexibility index (Phi) is 6.96. The molecule has 0 saturated carbocycles. The van der Waals surface area contributed by atoms with Gasteiger partial charge in [0.2, 0.25) is 15.9 Å². The highest BCUT2D eigenvalue weighted by Crippen LogP contribution is 2.32. The fraction of sp³-hybridized carbons (Fsp3) is 0.350. The molecule has 0 spiro atoms. The van der Waals surface area contributed by atoms with Crippen LogP contribution >= 0.6 is 11.6 Å². The zero-order valence-corrected chi connectivity index (χ0v) is 18.2. The van der Waals surface area contributed by atoms with Crippen molar-refractivity contribution < 1.29 is 17.9 Å². The normalized spacial score (nSPS) is 12.4. The molecule has 2 rings (SSSR count). The van der Waals surface area contributed by atoms with E-state index < -0.39 is 22.0 Å². The van der Waals surface area contributed by atoms with Gasteiger partial charge in [-0.25, -0.2) is 8.42 Å². The Morgan fingerprint density at radius 1 is 1.18 bits per heavy atom. The Hall–Kier alpha value is -2.25. The van der Waals surface area contributed by atoms with Gasteiger partial charge in [0.15, 0.2) is 0 Å². The van der Waals surface area contributed by atoms with Crippen molar-refractivity contribution >= 4 is 38.9 Å². The average molecular weight is 425 g/mol. The first-order valence-corrected chi connectivity index (χ1v) is 11.0. The van der Waals surface area contributed by atoms with Gasteiger partial charge >= 0.3 is 0 Å². The molecule has 152 valence electrons. The second kappa shape index (κ2) is 8.84. The van der Waals surface area contributed by atoms with Crippen molar-refractivity contribution in [2.75, 3.05) is 23.0 Å². The maximum atomic E-state index is 13.0. The van der Waals surface area contributed by atoms with E-state index in [0.717, 1.165) is 21.7 Å². The quantitative estimate of drug-likeness (QED) is 0.724. The number of ether oxygens (including phenoxy) is 1. The second-order valence-electron chi connectivity index (χ2n) is 6.67. The highest BCUT2D eigenvalue weighted by atomic mass is 35.5. The van der Waals surface area contributed by atoms with Gasteiger partial charge in [0.05, 0.1) is 24.1 Å². The number of nitrogens with one attached hydrogen (secondary N) is 1. The Morgan fingerprint density at radius 3 is 2.25 bits per heavy atom. The van der Waals surface area contributed by atoms with E-state index in [1.165, 1.54) is 13.2 Å². The lowest BCUT2D eigenvalue weighted by atomic mass is 10.1. The standard InChI is InChI=1S/C20H25ClN2O4S/c1-6-18(20(24)22-15-10-13(2)9-14(3)11-15)23(28(5,25)26)16-7-8-19(27-4)17(21)12-16/h7-12,18H,6H2,1-5H3,(H,22,24)/t18-/m1/s1. The third kappa shape index (κ3) is 5.17. The smallest absolute Gasteiger partial charge is 0.248 e. The summed E-state index contributed by atoms with van der Waals surface area (Å²) in [6.45, 7) is 5.62. The predicted molar refractivity (Wildman–Crippen MR) is 114 cm³/mol. The summed E-state index contributed by atoms with van der Waals surface area (Å²) in [5.41, 5.74) is 2.94. The lowest BCUT2D eigenvalue weighted by Crippen LogP contribution is -2.47. The molecular formula is C20H25ClN2O4S. The van der Waals surface area contributed by atoms with Crippen molar-refractivity contribution in [3.05, 3.63) is 52.5 Å². The summed E-state index contributed by atoms with van der Waals surface area (Å²) >= 11 is 6.17. The molecule has 0 aliphatic heterocycles. The van der Waals surface area contributed by atoms with Gasteiger partial charge < -0.3 is 10.1 Å². The molecule has 28 heavy (non-hydrogen) atoms. The number of benzene rings is 2. The van der Waals surface area contributed by atoms with E-state index in [0.29, 0.717) is 17.1 Å². The summed E-state index contributed by atoms with van der Waals surface area (Å²) in [6.07, 6.45) is 1.35. The van der Waals surface area contributed by atoms with Gasteiger partial charge in [-0.1, -0.05) is 24.6 Å². The molecule has 8 heteroatoms. The van der Waals surface area contributed by atoms with Crippen LogP contribution in [0.15, 0.2) is 36.4 Å². The number of methoxy groups -OCH3 is 1. The number of aryl methyl sites for hydroxylation is 2. The number of carbonyl (C=O) groups is 1. The first-order valence-electron chi connectivity index (χ1n) is 8.79. The molecule has 1 N–H and O–H groups in total. The molecule has 2 aromatic carbocycles. The van der Waals surface area contributed by atoms with Crippen molar-refractivity contribution in [2.24, 2.45) is 0 Å². The number of carbonyl (C=O) groups excluding carboxylic acids is 1. The Balaban J connectivity index is 2.42. The molecule has 0 saturated heterocycles. The zero-order chi connectivity index (χ0) is 21.1. The van der Waals surface area contributed by atoms with Crippen LogP contribution in [-0.4, -0.2) is 33.7 Å². The van der Waals surface area contributed by atoms with E-state index in [2.05, 4.69) is 5.32 Å². The SMILES string of the molecule is CC[C@H](C(=O)Nc1cc(C)cc(C)c1)N(c1ccc(OC)c(Cl)c1)S(C)(=O)=O. The second-order valence-corrected chi connectivity index (χ2v) is 8.93. The van der Waals surface area contributed by atoms with Crippen LogP contribution in [-0.2, 0) is 14.8 Å². The van der Waals surface area contributed by atoms with Crippen LogP contribution in [0, 0.1) is 13.8 Å². The Labute approximate surface area is 171 Å². The van der Waals surface area contributed by atoms with Gasteiger partial charge in [0.25, 0.3) is 0 Å². The fourth-order valence-electron chi connectivity index (χ4n) is 3.13. The summed E-state index contributed by atoms with van der Waals surface area (Å²) in [5, 5.41) is 3.09. The highest BCUT2D eigenvalue weighted by Gasteiger charge is 2.32. The molecule has 0 aliphatic carbocycles. The molecule has 0 heterocycles. The number of amides is 1. The molecule has 1 atom stereocenters. The van der Waals surface area contributed by atoms with Crippen LogP contribution in [0.2, 0.25) is 5.02 Å². The third-order valence-corrected chi connectivity index (χ3v) is 5.68. The first kappa shape index (κ1) is 22.0. The Bertz CT molecular complexity index is 956. The number of nitrogens with zero attached hydrogens (tertiary/aromatic N) is 1. The molecule has 0 unspecified atom stereocenters. The highest BCUT2D eigenvalue weighted by molar-refractivity contribution is 7.92. The van der Waals surface area contributed by atoms with Gasteiger partial charge in [-0.15, -0.1) is 0 Å². The van der Waals surface area contributed by atoms with Gasteiger partial charge in [0, 0.05) is 5.69 Å². The average Bonchev–Trinajstić information content (AvgIpc) is 2.57. The monoisotopic (exact) mass is 424 g/mol. The number of rotatable bonds is 7. The molecule has 0 aliphatic rings. The number of hydrogen-bond acceptors (Lipinski definition) is 4. The maximum absolute atomic E-state index is 13.0. The summed E-state index contributed by atoms with van der Waals surface area (Å²) in [7, 11) is -2.27. The largest absolute Gasteiger partial charge is 0.495 e. The van der Waals surface area contributed by atoms with Crippen LogP contribution in [0.4, 0.5) is 11.4 Å². The van der Waals surface area contributed by atoms with Gasteiger partial charge in [-0.2, -0.15) is 0 Å². The molecular weight excluding hydrogens is 400 g/mol. The number of anilines is 2. The molecule has 0 aromatic heterocycles. The number of halogens is 1. The van der Waals surface area contributed by atoms with E-state index in [-0.39, 0.29) is 11.4 Å². The zero-order valence-electron chi connectivity index (χ0n) is 16.6. The van der Waals surface area contributed by atoms with Gasteiger partial charge in [-0.05, 0) is 61.7 Å². The molecule has 2 aromatic rings. The van der Waals surface area contributed by atoms with E-state index in [4.69, 9.17) is 16.3 Å². The van der Waals surface area contributed by atoms with Crippen molar-refractivity contribution in [3.8, 4) is 5.75 Å². The van der Waals surface area contributed by atoms with E-state index in [1.807, 2.05) is 32.0 Å². The lowest BCUT2D eigenvalue weighted by molar-refractivity contribution is -0.117. The van der Waals surface area contributed by atoms with Crippen molar-refractivity contribution in [3.63, 3.8) is 0 Å². The molecule has 1 amide bonds. The van der Waals surface area contributed by atoms with E-state index >= 15 is 0 Å². The van der Waals surface area contributed by atoms with Gasteiger partial charge in [-0.3, -0.25) is 9.10 Å². The fourth-order valence-corrected chi connectivity index (χ4v) is 4.58. The summed E-state index contributed by atoms with van der Waals surface area (Å²) in [4.78, 5) is 13.0. The molecule has 0 radical (unpaired) electrons. The van der Waals surface area contributed by atoms with Crippen molar-refractivity contribution in [1.29, 1.82) is 0 Å². The summed E-state index contributed by atoms with van der Waals surface area (Å²) in [5.74, 6) is 0.0106. The summed E-state index contributed by atoms with van der Waals surface area (Å²) < 4.78 is 31.3. The minimum atomic E-state index is -3.75. The molecule has 6 nitrogen and oxygen atoms in total. The predicted octanol–water partition coefficient (Wildman–Crippen LogP) is 4.15. The molecule has 0 fully saturated rings. The minimum absolute atomic E-state index is 0.262.